The van der Waals surface area contributed by atoms with Gasteiger partial charge in [0.1, 0.15) is 0 Å². The van der Waals surface area contributed by atoms with Gasteiger partial charge in [0, 0.05) is 0 Å². The molecule has 0 aromatic rings. The van der Waals surface area contributed by atoms with Crippen molar-refractivity contribution in [1.82, 2.24) is 0 Å². The van der Waals surface area contributed by atoms with Crippen LogP contribution in [-0.4, -0.2) is 11.7 Å². The van der Waals surface area contributed by atoms with Gasteiger partial charge in [-0.3, -0.25) is 0 Å². The van der Waals surface area contributed by atoms with E-state index in [9.17, 15) is 0 Å². The molecule has 0 heterocycles. The van der Waals surface area contributed by atoms with E-state index in [1.165, 1.54) is 17.6 Å². The van der Waals surface area contributed by atoms with Crippen molar-refractivity contribution in [1.29, 1.82) is 0 Å². The van der Waals surface area contributed by atoms with E-state index in [2.05, 4.69) is 39.8 Å². The highest BCUT2D eigenvalue weighted by molar-refractivity contribution is 5.07. The second-order valence-electron chi connectivity index (χ2n) is 4.81. The van der Waals surface area contributed by atoms with Crippen LogP contribution in [0.1, 0.15) is 59.8 Å². The van der Waals surface area contributed by atoms with E-state index in [-0.39, 0.29) is 6.61 Å². The number of aliphatic hydroxyl groups excluding tert-OH is 1. The predicted molar refractivity (Wildman–Crippen MR) is 77.1 cm³/mol. The monoisotopic (exact) mass is 236 g/mol. The summed E-state index contributed by atoms with van der Waals surface area (Å²) in [5, 5.41) is 8.76. The highest BCUT2D eigenvalue weighted by atomic mass is 16.2. The average Bonchev–Trinajstić information content (AvgIpc) is 2.27. The van der Waals surface area contributed by atoms with Gasteiger partial charge in [0.05, 0.1) is 6.61 Å². The second-order valence-corrected chi connectivity index (χ2v) is 4.81. The van der Waals surface area contributed by atoms with Gasteiger partial charge in [-0.15, -0.1) is 0 Å². The van der Waals surface area contributed by atoms with Crippen LogP contribution in [0.5, 0.6) is 0 Å². The summed E-state index contributed by atoms with van der Waals surface area (Å²) in [6, 6.07) is 0. The minimum absolute atomic E-state index is 0.163. The van der Waals surface area contributed by atoms with E-state index in [0.717, 1.165) is 25.7 Å². The van der Waals surface area contributed by atoms with Crippen LogP contribution in [-0.2, 0) is 0 Å². The van der Waals surface area contributed by atoms with Gasteiger partial charge in [0.25, 0.3) is 0 Å². The smallest absolute Gasteiger partial charge is 0.0614 e. The molecule has 17 heavy (non-hydrogen) atoms. The quantitative estimate of drug-likeness (QED) is 0.601. The van der Waals surface area contributed by atoms with Crippen LogP contribution in [0.3, 0.4) is 0 Å². The van der Waals surface area contributed by atoms with Crippen LogP contribution in [0.15, 0.2) is 34.9 Å². The molecule has 0 aromatic carbocycles. The molecule has 0 aliphatic carbocycles. The van der Waals surface area contributed by atoms with E-state index in [0.29, 0.717) is 0 Å². The minimum Gasteiger partial charge on any atom is -0.392 e. The molecule has 98 valence electrons. The molecule has 0 radical (unpaired) electrons. The molecule has 0 fully saturated rings. The summed E-state index contributed by atoms with van der Waals surface area (Å²) in [5.41, 5.74) is 4.24. The molecule has 0 rings (SSSR count). The SMILES string of the molecule is CCC(=CCCC(C)=CCO)CCC=C(C)C. The van der Waals surface area contributed by atoms with Crippen molar-refractivity contribution in [2.75, 3.05) is 6.61 Å². The summed E-state index contributed by atoms with van der Waals surface area (Å²) < 4.78 is 0. The lowest BCUT2D eigenvalue weighted by Crippen LogP contribution is -1.84. The molecule has 0 unspecified atom stereocenters. The van der Waals surface area contributed by atoms with Gasteiger partial charge in [0.2, 0.25) is 0 Å². The molecular formula is C16H28O. The molecule has 0 bridgehead atoms. The summed E-state index contributed by atoms with van der Waals surface area (Å²) in [6.07, 6.45) is 12.2. The average molecular weight is 236 g/mol. The van der Waals surface area contributed by atoms with Gasteiger partial charge in [-0.1, -0.05) is 41.9 Å². The van der Waals surface area contributed by atoms with Crippen LogP contribution in [0.25, 0.3) is 0 Å². The largest absolute Gasteiger partial charge is 0.392 e. The van der Waals surface area contributed by atoms with Gasteiger partial charge in [-0.05, 0) is 52.9 Å². The van der Waals surface area contributed by atoms with Crippen LogP contribution < -0.4 is 0 Å². The normalized spacial score (nSPS) is 12.8. The Kier molecular flexibility index (Phi) is 9.84. The maximum atomic E-state index is 8.76. The third kappa shape index (κ3) is 10.1. The lowest BCUT2D eigenvalue weighted by atomic mass is 10.0. The number of aliphatic hydroxyl groups is 1. The Hall–Kier alpha value is -0.820. The van der Waals surface area contributed by atoms with E-state index < -0.39 is 0 Å². The summed E-state index contributed by atoms with van der Waals surface area (Å²) in [4.78, 5) is 0. The number of hydrogen-bond donors (Lipinski definition) is 1. The van der Waals surface area contributed by atoms with Gasteiger partial charge in [-0.25, -0.2) is 0 Å². The van der Waals surface area contributed by atoms with E-state index >= 15 is 0 Å². The first kappa shape index (κ1) is 16.2. The van der Waals surface area contributed by atoms with Crippen molar-refractivity contribution in [3.8, 4) is 0 Å². The maximum absolute atomic E-state index is 8.76. The van der Waals surface area contributed by atoms with Gasteiger partial charge in [-0.2, -0.15) is 0 Å². The molecule has 0 saturated carbocycles. The second kappa shape index (κ2) is 10.3. The molecule has 0 saturated heterocycles. The van der Waals surface area contributed by atoms with Gasteiger partial charge >= 0.3 is 0 Å². The molecule has 1 heteroatoms. The predicted octanol–water partition coefficient (Wildman–Crippen LogP) is 4.79. The van der Waals surface area contributed by atoms with Crippen molar-refractivity contribution in [2.45, 2.75) is 59.8 Å². The van der Waals surface area contributed by atoms with E-state index in [4.69, 9.17) is 5.11 Å². The Morgan fingerprint density at radius 2 is 1.59 bits per heavy atom. The molecule has 0 aromatic heterocycles. The standard InChI is InChI=1S/C16H28O/c1-5-16(10-6-8-14(2)3)11-7-9-15(4)12-13-17/h8,11-12,17H,5-7,9-10,13H2,1-4H3. The van der Waals surface area contributed by atoms with E-state index in [1.807, 2.05) is 6.08 Å². The Bertz CT molecular complexity index is 278. The summed E-state index contributed by atoms with van der Waals surface area (Å²) in [6.45, 7) is 8.77. The number of rotatable bonds is 8. The summed E-state index contributed by atoms with van der Waals surface area (Å²) >= 11 is 0. The molecule has 0 aliphatic rings. The van der Waals surface area contributed by atoms with Crippen LogP contribution in [0, 0.1) is 0 Å². The molecule has 1 N–H and O–H groups in total. The Labute approximate surface area is 107 Å². The van der Waals surface area contributed by atoms with Crippen molar-refractivity contribution >= 4 is 0 Å². The number of allylic oxidation sites excluding steroid dienone is 5. The summed E-state index contributed by atoms with van der Waals surface area (Å²) in [7, 11) is 0. The fraction of sp³-hybridized carbons (Fsp3) is 0.625. The van der Waals surface area contributed by atoms with Crippen LogP contribution in [0.4, 0.5) is 0 Å². The summed E-state index contributed by atoms with van der Waals surface area (Å²) in [5.74, 6) is 0. The third-order valence-electron chi connectivity index (χ3n) is 2.88. The van der Waals surface area contributed by atoms with E-state index in [1.54, 1.807) is 5.57 Å². The maximum Gasteiger partial charge on any atom is 0.0614 e. The lowest BCUT2D eigenvalue weighted by molar-refractivity contribution is 0.341. The molecule has 1 nitrogen and oxygen atoms in total. The van der Waals surface area contributed by atoms with Crippen molar-refractivity contribution in [3.05, 3.63) is 34.9 Å². The van der Waals surface area contributed by atoms with Gasteiger partial charge < -0.3 is 5.11 Å². The molecule has 0 spiro atoms. The fourth-order valence-electron chi connectivity index (χ4n) is 1.73. The van der Waals surface area contributed by atoms with Crippen LogP contribution in [0.2, 0.25) is 0 Å². The van der Waals surface area contributed by atoms with Crippen molar-refractivity contribution in [2.24, 2.45) is 0 Å². The van der Waals surface area contributed by atoms with Crippen molar-refractivity contribution < 1.29 is 5.11 Å². The molecule has 0 atom stereocenters. The zero-order valence-corrected chi connectivity index (χ0v) is 11.9. The Morgan fingerprint density at radius 1 is 0.941 bits per heavy atom. The highest BCUT2D eigenvalue weighted by Crippen LogP contribution is 2.14. The highest BCUT2D eigenvalue weighted by Gasteiger charge is 1.94. The topological polar surface area (TPSA) is 20.2 Å². The molecule has 0 aliphatic heterocycles. The molecule has 0 amide bonds. The number of hydrogen-bond acceptors (Lipinski definition) is 1. The minimum atomic E-state index is 0.163. The van der Waals surface area contributed by atoms with Gasteiger partial charge in [0.15, 0.2) is 0 Å². The zero-order valence-electron chi connectivity index (χ0n) is 11.9. The lowest BCUT2D eigenvalue weighted by Gasteiger charge is -2.04. The first-order chi connectivity index (χ1) is 8.10. The zero-order chi connectivity index (χ0) is 13.1. The fourth-order valence-corrected chi connectivity index (χ4v) is 1.73. The first-order valence-corrected chi connectivity index (χ1v) is 6.67. The Morgan fingerprint density at radius 3 is 2.12 bits per heavy atom. The van der Waals surface area contributed by atoms with Crippen molar-refractivity contribution in [3.63, 3.8) is 0 Å². The Balaban J connectivity index is 4.01. The first-order valence-electron chi connectivity index (χ1n) is 6.67. The van der Waals surface area contributed by atoms with Crippen LogP contribution >= 0.6 is 0 Å². The molecular weight excluding hydrogens is 208 g/mol. The third-order valence-corrected chi connectivity index (χ3v) is 2.88.